The number of aryl methyl sites for hydroxylation is 1. The van der Waals surface area contributed by atoms with Crippen molar-refractivity contribution in [2.75, 3.05) is 0 Å². The van der Waals surface area contributed by atoms with E-state index in [2.05, 4.69) is 11.4 Å². The van der Waals surface area contributed by atoms with Gasteiger partial charge in [0.25, 0.3) is 0 Å². The van der Waals surface area contributed by atoms with E-state index in [1.807, 2.05) is 36.4 Å². The van der Waals surface area contributed by atoms with Crippen molar-refractivity contribution >= 4 is 17.0 Å². The molecule has 1 aliphatic carbocycles. The van der Waals surface area contributed by atoms with Crippen LogP contribution < -0.4 is 16.8 Å². The molecule has 1 amide bonds. The van der Waals surface area contributed by atoms with Crippen LogP contribution in [0.4, 0.5) is 0 Å². The molecule has 1 aliphatic rings. The Balaban J connectivity index is 1.48. The highest BCUT2D eigenvalue weighted by molar-refractivity contribution is 5.87. The predicted molar refractivity (Wildman–Crippen MR) is 114 cm³/mol. The first-order chi connectivity index (χ1) is 14.4. The Morgan fingerprint density at radius 2 is 1.90 bits per heavy atom. The average Bonchev–Trinajstić information content (AvgIpc) is 3.32. The number of nitrogens with one attached hydrogen (secondary N) is 1. The van der Waals surface area contributed by atoms with E-state index in [-0.39, 0.29) is 11.7 Å². The molecular formula is C23H24N4O3. The molecule has 1 aromatic heterocycles. The molecule has 4 rings (SSSR count). The van der Waals surface area contributed by atoms with Crippen LogP contribution in [-0.4, -0.2) is 22.1 Å². The van der Waals surface area contributed by atoms with Crippen LogP contribution in [0.25, 0.3) is 22.2 Å². The van der Waals surface area contributed by atoms with Crippen molar-refractivity contribution < 1.29 is 9.21 Å². The first kappa shape index (κ1) is 19.9. The zero-order chi connectivity index (χ0) is 21.3. The van der Waals surface area contributed by atoms with Gasteiger partial charge in [0.2, 0.25) is 5.91 Å². The van der Waals surface area contributed by atoms with Crippen LogP contribution in [0.1, 0.15) is 31.2 Å². The van der Waals surface area contributed by atoms with Gasteiger partial charge in [0.05, 0.1) is 17.1 Å². The van der Waals surface area contributed by atoms with E-state index >= 15 is 0 Å². The highest BCUT2D eigenvalue weighted by atomic mass is 16.4. The van der Waals surface area contributed by atoms with Crippen LogP contribution in [0.2, 0.25) is 0 Å². The molecule has 1 heterocycles. The molecule has 3 aromatic rings. The molecule has 1 fully saturated rings. The molecule has 1 saturated carbocycles. The van der Waals surface area contributed by atoms with Crippen LogP contribution in [0, 0.1) is 11.3 Å². The summed E-state index contributed by atoms with van der Waals surface area (Å²) < 4.78 is 6.65. The molecule has 7 nitrogen and oxygen atoms in total. The highest BCUT2D eigenvalue weighted by Crippen LogP contribution is 2.28. The Morgan fingerprint density at radius 3 is 2.57 bits per heavy atom. The van der Waals surface area contributed by atoms with E-state index in [1.54, 1.807) is 13.1 Å². The number of nitrogens with two attached hydrogens (primary N) is 1. The van der Waals surface area contributed by atoms with Gasteiger partial charge in [-0.3, -0.25) is 9.36 Å². The number of fused-ring (bicyclic) bond motifs is 1. The van der Waals surface area contributed by atoms with Crippen LogP contribution in [-0.2, 0) is 18.3 Å². The summed E-state index contributed by atoms with van der Waals surface area (Å²) in [7, 11) is 1.68. The van der Waals surface area contributed by atoms with Gasteiger partial charge in [-0.15, -0.1) is 0 Å². The van der Waals surface area contributed by atoms with Crippen molar-refractivity contribution in [3.63, 3.8) is 0 Å². The second kappa shape index (κ2) is 7.81. The number of benzene rings is 2. The maximum Gasteiger partial charge on any atom is 0.419 e. The molecule has 0 bridgehead atoms. The van der Waals surface area contributed by atoms with Crippen molar-refractivity contribution in [1.82, 2.24) is 9.88 Å². The van der Waals surface area contributed by atoms with Gasteiger partial charge in [0, 0.05) is 13.5 Å². The molecule has 0 spiro atoms. The van der Waals surface area contributed by atoms with Crippen LogP contribution in [0.5, 0.6) is 0 Å². The molecule has 0 unspecified atom stereocenters. The molecule has 0 saturated heterocycles. The van der Waals surface area contributed by atoms with Gasteiger partial charge in [-0.1, -0.05) is 43.2 Å². The monoisotopic (exact) mass is 404 g/mol. The van der Waals surface area contributed by atoms with Gasteiger partial charge < -0.3 is 15.5 Å². The number of aromatic nitrogens is 1. The van der Waals surface area contributed by atoms with Crippen LogP contribution in [0.15, 0.2) is 51.7 Å². The maximum absolute atomic E-state index is 12.5. The summed E-state index contributed by atoms with van der Waals surface area (Å²) in [4.78, 5) is 24.2. The maximum atomic E-state index is 12.5. The summed E-state index contributed by atoms with van der Waals surface area (Å²) in [5.74, 6) is -0.624. The third kappa shape index (κ3) is 3.74. The third-order valence-electron chi connectivity index (χ3n) is 5.93. The van der Waals surface area contributed by atoms with E-state index in [4.69, 9.17) is 10.2 Å². The summed E-state index contributed by atoms with van der Waals surface area (Å²) in [5, 5.41) is 12.3. The Labute approximate surface area is 174 Å². The number of nitriles is 1. The van der Waals surface area contributed by atoms with E-state index in [0.717, 1.165) is 35.0 Å². The number of hydrogen-bond donors (Lipinski definition) is 2. The molecular weight excluding hydrogens is 380 g/mol. The minimum Gasteiger partial charge on any atom is -0.408 e. The molecule has 7 heteroatoms. The predicted octanol–water partition coefficient (Wildman–Crippen LogP) is 2.62. The molecule has 2 aromatic carbocycles. The third-order valence-corrected chi connectivity index (χ3v) is 5.93. The van der Waals surface area contributed by atoms with Gasteiger partial charge >= 0.3 is 5.76 Å². The number of carbonyl (C=O) groups excluding carboxylic acids is 1. The van der Waals surface area contributed by atoms with Crippen molar-refractivity contribution in [3.8, 4) is 17.2 Å². The average molecular weight is 404 g/mol. The Morgan fingerprint density at radius 1 is 1.23 bits per heavy atom. The number of amides is 1. The molecule has 0 radical (unpaired) electrons. The Bertz CT molecular complexity index is 1180. The van der Waals surface area contributed by atoms with E-state index in [0.29, 0.717) is 24.8 Å². The lowest BCUT2D eigenvalue weighted by Gasteiger charge is -2.24. The topological polar surface area (TPSA) is 114 Å². The number of nitrogens with zero attached hydrogens (tertiary/aromatic N) is 2. The smallest absolute Gasteiger partial charge is 0.408 e. The second-order valence-electron chi connectivity index (χ2n) is 8.03. The molecule has 30 heavy (non-hydrogen) atoms. The number of oxazole rings is 1. The van der Waals surface area contributed by atoms with Gasteiger partial charge in [-0.25, -0.2) is 4.79 Å². The largest absolute Gasteiger partial charge is 0.419 e. The van der Waals surface area contributed by atoms with Crippen molar-refractivity contribution in [2.45, 2.75) is 43.7 Å². The fourth-order valence-electron chi connectivity index (χ4n) is 4.04. The van der Waals surface area contributed by atoms with E-state index in [1.165, 1.54) is 4.57 Å². The van der Waals surface area contributed by atoms with Crippen molar-refractivity contribution in [1.29, 1.82) is 5.26 Å². The minimum atomic E-state index is -0.842. The van der Waals surface area contributed by atoms with Crippen molar-refractivity contribution in [3.05, 3.63) is 58.6 Å². The first-order valence-electron chi connectivity index (χ1n) is 10.1. The zero-order valence-electron chi connectivity index (χ0n) is 16.9. The second-order valence-corrected chi connectivity index (χ2v) is 8.03. The Kier molecular flexibility index (Phi) is 5.18. The van der Waals surface area contributed by atoms with Crippen molar-refractivity contribution in [2.24, 2.45) is 12.8 Å². The summed E-state index contributed by atoms with van der Waals surface area (Å²) in [6, 6.07) is 15.0. The number of hydrogen-bond acceptors (Lipinski definition) is 5. The fourth-order valence-corrected chi connectivity index (χ4v) is 4.04. The highest BCUT2D eigenvalue weighted by Gasteiger charge is 2.37. The SMILES string of the molecule is Cn1c(=O)oc2ccc(-c3ccc(C[C@@H](C#N)NC(=O)C4(N)CCCC4)cc3)cc21. The standard InChI is InChI=1S/C23H24N4O3/c1-27-19-13-17(8-9-20(19)30-22(27)29)16-6-4-15(5-7-16)12-18(14-24)26-21(28)23(25)10-2-3-11-23/h4-9,13,18H,2-3,10-12,25H2,1H3,(H,26,28)/t18-/m0/s1. The van der Waals surface area contributed by atoms with Crippen LogP contribution >= 0.6 is 0 Å². The lowest BCUT2D eigenvalue weighted by Crippen LogP contribution is -2.54. The fraction of sp³-hybridized carbons (Fsp3) is 0.348. The van der Waals surface area contributed by atoms with E-state index < -0.39 is 11.6 Å². The Hall–Kier alpha value is -3.37. The molecule has 3 N–H and O–H groups in total. The van der Waals surface area contributed by atoms with Gasteiger partial charge in [0.1, 0.15) is 6.04 Å². The summed E-state index contributed by atoms with van der Waals surface area (Å²) in [6.45, 7) is 0. The quantitative estimate of drug-likeness (QED) is 0.678. The molecule has 1 atom stereocenters. The molecule has 154 valence electrons. The summed E-state index contributed by atoms with van der Waals surface area (Å²) in [6.07, 6.45) is 3.63. The number of rotatable bonds is 5. The lowest BCUT2D eigenvalue weighted by molar-refractivity contribution is -0.126. The zero-order valence-corrected chi connectivity index (χ0v) is 16.9. The lowest BCUT2D eigenvalue weighted by atomic mass is 9.96. The van der Waals surface area contributed by atoms with Gasteiger partial charge in [-0.2, -0.15) is 5.26 Å². The normalized spacial score (nSPS) is 16.3. The van der Waals surface area contributed by atoms with Gasteiger partial charge in [-0.05, 0) is 41.7 Å². The summed E-state index contributed by atoms with van der Waals surface area (Å²) >= 11 is 0. The van der Waals surface area contributed by atoms with Crippen LogP contribution in [0.3, 0.4) is 0 Å². The minimum absolute atomic E-state index is 0.234. The van der Waals surface area contributed by atoms with E-state index in [9.17, 15) is 14.9 Å². The summed E-state index contributed by atoms with van der Waals surface area (Å²) in [5.41, 5.74) is 9.52. The first-order valence-corrected chi connectivity index (χ1v) is 10.1. The van der Waals surface area contributed by atoms with Gasteiger partial charge in [0.15, 0.2) is 5.58 Å². The molecule has 0 aliphatic heterocycles. The number of carbonyl (C=O) groups is 1.